The van der Waals surface area contributed by atoms with E-state index in [2.05, 4.69) is 23.3 Å². The highest BCUT2D eigenvalue weighted by molar-refractivity contribution is 7.86. The third-order valence-electron chi connectivity index (χ3n) is 8.31. The van der Waals surface area contributed by atoms with E-state index in [9.17, 15) is 22.4 Å². The van der Waals surface area contributed by atoms with E-state index >= 15 is 0 Å². The first-order valence-electron chi connectivity index (χ1n) is 14.8. The molecule has 10 nitrogen and oxygen atoms in total. The fraction of sp³-hybridized carbons (Fsp3) is 0.548. The van der Waals surface area contributed by atoms with Gasteiger partial charge in [-0.2, -0.15) is 12.7 Å². The van der Waals surface area contributed by atoms with Gasteiger partial charge in [0, 0.05) is 50.6 Å². The molecule has 0 heterocycles. The molecule has 3 aliphatic carbocycles. The number of halogens is 1. The first-order valence-corrected chi connectivity index (χ1v) is 16.3. The van der Waals surface area contributed by atoms with E-state index in [1.54, 1.807) is 19.2 Å². The van der Waals surface area contributed by atoms with Crippen LogP contribution in [0.5, 0.6) is 0 Å². The number of allylic oxidation sites excluding steroid dienone is 7. The zero-order valence-electron chi connectivity index (χ0n) is 25.1. The third kappa shape index (κ3) is 9.90. The van der Waals surface area contributed by atoms with Gasteiger partial charge in [0.2, 0.25) is 0 Å². The molecule has 1 unspecified atom stereocenters. The Bertz CT molecular complexity index is 1310. The number of hydrogen-bond donors (Lipinski definition) is 4. The Morgan fingerprint density at radius 1 is 1.26 bits per heavy atom. The number of unbranched alkanes of at least 4 members (excludes halogenated alkanes) is 2. The molecule has 0 aromatic heterocycles. The highest BCUT2D eigenvalue weighted by Crippen LogP contribution is 2.63. The van der Waals surface area contributed by atoms with Gasteiger partial charge < -0.3 is 20.5 Å². The van der Waals surface area contributed by atoms with E-state index < -0.39 is 27.4 Å². The van der Waals surface area contributed by atoms with Crippen molar-refractivity contribution in [2.24, 2.45) is 22.4 Å². The standard InChI is InChI=1S/C31H45FN4O6S/c1-22(34-2)26(13-10-14-30(38)39)27(23-11-6-4-7-12-23)20-31-19-24(31)17-25(32)18-28(31)42-21-29(37)35-15-8-5-9-16-36(3)43(33,40)41/h10,13-14,17-18,20,23-24,34H,1,4-9,11-12,15-16,19,21H2,2-3H3,(H,35,37)(H,38,39)(H2,33,40,41)/b14-10+,26-13+,27-20+/t24?,31-/m0/s1. The molecule has 0 radical (unpaired) electrons. The molecule has 2 saturated carbocycles. The van der Waals surface area contributed by atoms with Crippen molar-refractivity contribution in [3.8, 4) is 0 Å². The second kappa shape index (κ2) is 15.5. The lowest BCUT2D eigenvalue weighted by molar-refractivity contribution is -0.131. The molecule has 12 heteroatoms. The number of carbonyl (C=O) groups is 2. The Morgan fingerprint density at radius 3 is 2.63 bits per heavy atom. The van der Waals surface area contributed by atoms with Gasteiger partial charge in [-0.15, -0.1) is 0 Å². The lowest BCUT2D eigenvalue weighted by Crippen LogP contribution is -2.34. The number of carboxylic acids is 1. The molecular formula is C31H45FN4O6S. The van der Waals surface area contributed by atoms with Crippen LogP contribution in [0.3, 0.4) is 0 Å². The number of likely N-dealkylation sites (N-methyl/N-ethyl adjacent to an activating group) is 1. The smallest absolute Gasteiger partial charge is 0.328 e. The summed E-state index contributed by atoms with van der Waals surface area (Å²) in [7, 11) is -0.513. The van der Waals surface area contributed by atoms with Crippen LogP contribution >= 0.6 is 0 Å². The second-order valence-corrected chi connectivity index (χ2v) is 13.1. The van der Waals surface area contributed by atoms with Crippen molar-refractivity contribution in [3.63, 3.8) is 0 Å². The second-order valence-electron chi connectivity index (χ2n) is 11.4. The quantitative estimate of drug-likeness (QED) is 0.109. The average Bonchev–Trinajstić information content (AvgIpc) is 3.67. The molecule has 0 aromatic carbocycles. The van der Waals surface area contributed by atoms with E-state index in [-0.39, 0.29) is 24.3 Å². The zero-order chi connectivity index (χ0) is 31.6. The van der Waals surface area contributed by atoms with Crippen LogP contribution in [0.25, 0.3) is 0 Å². The van der Waals surface area contributed by atoms with E-state index in [0.29, 0.717) is 50.2 Å². The molecule has 0 spiro atoms. The highest BCUT2D eigenvalue weighted by atomic mass is 32.2. The minimum absolute atomic E-state index is 0.108. The van der Waals surface area contributed by atoms with Crippen LogP contribution in [-0.4, -0.2) is 63.5 Å². The molecule has 3 aliphatic rings. The fourth-order valence-electron chi connectivity index (χ4n) is 5.73. The van der Waals surface area contributed by atoms with Gasteiger partial charge in [-0.25, -0.2) is 14.3 Å². The van der Waals surface area contributed by atoms with Crippen LogP contribution in [0, 0.1) is 17.3 Å². The molecule has 3 rings (SSSR count). The normalized spacial score (nSPS) is 23.0. The van der Waals surface area contributed by atoms with Gasteiger partial charge in [0.15, 0.2) is 6.61 Å². The minimum Gasteiger partial charge on any atom is -0.487 e. The lowest BCUT2D eigenvalue weighted by atomic mass is 9.77. The minimum atomic E-state index is -3.70. The van der Waals surface area contributed by atoms with Crippen molar-refractivity contribution in [2.75, 3.05) is 33.8 Å². The SMILES string of the molecule is C=C(NC)C(=C\C=C\C(=O)O)/C(=C/[C@@]12CC1C=C(F)C=C2OCC(=O)NCCCCCN(C)S(N)(=O)=O)C1CCCCC1. The van der Waals surface area contributed by atoms with Gasteiger partial charge in [-0.3, -0.25) is 4.79 Å². The summed E-state index contributed by atoms with van der Waals surface area (Å²) in [4.78, 5) is 23.7. The molecule has 0 bridgehead atoms. The molecule has 43 heavy (non-hydrogen) atoms. The summed E-state index contributed by atoms with van der Waals surface area (Å²) in [5.41, 5.74) is 1.88. The molecule has 5 N–H and O–H groups in total. The van der Waals surface area contributed by atoms with Gasteiger partial charge in [0.1, 0.15) is 11.6 Å². The lowest BCUT2D eigenvalue weighted by Gasteiger charge is -2.30. The number of amides is 1. The van der Waals surface area contributed by atoms with Crippen molar-refractivity contribution in [3.05, 3.63) is 71.5 Å². The predicted octanol–water partition coefficient (Wildman–Crippen LogP) is 3.99. The largest absolute Gasteiger partial charge is 0.487 e. The van der Waals surface area contributed by atoms with Crippen molar-refractivity contribution in [2.45, 2.75) is 57.8 Å². The number of rotatable bonds is 17. The number of carboxylic acid groups (broad SMARTS) is 1. The van der Waals surface area contributed by atoms with E-state index in [0.717, 1.165) is 53.6 Å². The number of aliphatic carboxylic acids is 1. The van der Waals surface area contributed by atoms with Gasteiger partial charge in [0.05, 0.1) is 5.41 Å². The Balaban J connectivity index is 1.72. The van der Waals surface area contributed by atoms with Crippen LogP contribution in [0.4, 0.5) is 4.39 Å². The van der Waals surface area contributed by atoms with E-state index in [1.807, 2.05) is 0 Å². The number of ether oxygens (including phenoxy) is 1. The predicted molar refractivity (Wildman–Crippen MR) is 164 cm³/mol. The van der Waals surface area contributed by atoms with Crippen molar-refractivity contribution in [1.29, 1.82) is 0 Å². The van der Waals surface area contributed by atoms with Crippen molar-refractivity contribution in [1.82, 2.24) is 14.9 Å². The Morgan fingerprint density at radius 2 is 1.98 bits per heavy atom. The van der Waals surface area contributed by atoms with Gasteiger partial charge >= 0.3 is 5.97 Å². The highest BCUT2D eigenvalue weighted by Gasteiger charge is 2.58. The maximum atomic E-state index is 14.6. The topological polar surface area (TPSA) is 151 Å². The molecule has 238 valence electrons. The Hall–Kier alpha value is -3.22. The number of nitrogens with two attached hydrogens (primary N) is 1. The average molecular weight is 621 g/mol. The molecule has 0 saturated heterocycles. The fourth-order valence-corrected chi connectivity index (χ4v) is 6.12. The first-order chi connectivity index (χ1) is 20.4. The van der Waals surface area contributed by atoms with Crippen LogP contribution < -0.4 is 15.8 Å². The van der Waals surface area contributed by atoms with Crippen LogP contribution in [-0.2, 0) is 24.5 Å². The van der Waals surface area contributed by atoms with Crippen LogP contribution in [0.1, 0.15) is 57.8 Å². The number of carbonyl (C=O) groups excluding carboxylic acids is 1. The first kappa shape index (κ1) is 34.3. The maximum absolute atomic E-state index is 14.6. The molecule has 0 aliphatic heterocycles. The summed E-state index contributed by atoms with van der Waals surface area (Å²) in [5.74, 6) is -1.25. The van der Waals surface area contributed by atoms with Crippen molar-refractivity contribution < 1.29 is 32.2 Å². The van der Waals surface area contributed by atoms with Gasteiger partial charge in [-0.05, 0) is 55.6 Å². The molecule has 0 aromatic rings. The summed E-state index contributed by atoms with van der Waals surface area (Å²) in [6, 6.07) is 0. The number of nitrogens with zero attached hydrogens (tertiary/aromatic N) is 1. The zero-order valence-corrected chi connectivity index (χ0v) is 25.9. The van der Waals surface area contributed by atoms with E-state index in [1.165, 1.54) is 19.2 Å². The van der Waals surface area contributed by atoms with Crippen LogP contribution in [0.2, 0.25) is 0 Å². The molecule has 2 atom stereocenters. The third-order valence-corrected chi connectivity index (χ3v) is 9.36. The summed E-state index contributed by atoms with van der Waals surface area (Å²) in [6.07, 6.45) is 17.3. The monoisotopic (exact) mass is 620 g/mol. The summed E-state index contributed by atoms with van der Waals surface area (Å²) < 4.78 is 44.1. The number of fused-ring (bicyclic) bond motifs is 1. The Kier molecular flexibility index (Phi) is 12.3. The molecule has 1 amide bonds. The van der Waals surface area contributed by atoms with Crippen LogP contribution in [0.15, 0.2) is 71.5 Å². The maximum Gasteiger partial charge on any atom is 0.328 e. The van der Waals surface area contributed by atoms with Gasteiger partial charge in [-0.1, -0.05) is 50.5 Å². The van der Waals surface area contributed by atoms with Crippen molar-refractivity contribution >= 4 is 22.1 Å². The van der Waals surface area contributed by atoms with Gasteiger partial charge in [0.25, 0.3) is 16.1 Å². The molecular weight excluding hydrogens is 575 g/mol. The Labute approximate surface area is 254 Å². The number of hydrogen-bond acceptors (Lipinski definition) is 6. The summed E-state index contributed by atoms with van der Waals surface area (Å²) in [6.45, 7) is 4.61. The summed E-state index contributed by atoms with van der Waals surface area (Å²) in [5, 5.41) is 20.1. The molecule has 2 fully saturated rings. The number of nitrogens with one attached hydrogen (secondary N) is 2. The summed E-state index contributed by atoms with van der Waals surface area (Å²) >= 11 is 0. The van der Waals surface area contributed by atoms with E-state index in [4.69, 9.17) is 15.0 Å².